The van der Waals surface area contributed by atoms with E-state index in [1.165, 1.54) is 7.11 Å². The molecule has 0 aromatic heterocycles. The number of rotatable bonds is 4. The van der Waals surface area contributed by atoms with E-state index in [9.17, 15) is 4.79 Å². The van der Waals surface area contributed by atoms with Crippen molar-refractivity contribution in [3.8, 4) is 0 Å². The molecule has 4 nitrogen and oxygen atoms in total. The first-order valence-electron chi connectivity index (χ1n) is 5.79. The van der Waals surface area contributed by atoms with Crippen LogP contribution in [0.5, 0.6) is 0 Å². The Morgan fingerprint density at radius 2 is 2.06 bits per heavy atom. The molecular formula is C12H22O4. The maximum atomic E-state index is 11.5. The summed E-state index contributed by atoms with van der Waals surface area (Å²) in [5, 5.41) is 0. The summed E-state index contributed by atoms with van der Waals surface area (Å²) < 4.78 is 15.9. The Hall–Kier alpha value is -0.610. The second-order valence-electron chi connectivity index (χ2n) is 4.34. The molecule has 16 heavy (non-hydrogen) atoms. The number of carbonyl (C=O) groups is 1. The molecule has 1 fully saturated rings. The Morgan fingerprint density at radius 1 is 1.38 bits per heavy atom. The van der Waals surface area contributed by atoms with Crippen LogP contribution in [0.1, 0.15) is 32.6 Å². The monoisotopic (exact) mass is 230 g/mol. The van der Waals surface area contributed by atoms with Crippen LogP contribution >= 0.6 is 0 Å². The fourth-order valence-electron chi connectivity index (χ4n) is 2.64. The van der Waals surface area contributed by atoms with E-state index in [0.29, 0.717) is 6.42 Å². The molecule has 1 rings (SSSR count). The Labute approximate surface area is 97.2 Å². The molecular weight excluding hydrogens is 208 g/mol. The number of hydrogen-bond acceptors (Lipinski definition) is 4. The lowest BCUT2D eigenvalue weighted by Crippen LogP contribution is -2.50. The summed E-state index contributed by atoms with van der Waals surface area (Å²) >= 11 is 0. The van der Waals surface area contributed by atoms with Crippen molar-refractivity contribution < 1.29 is 19.0 Å². The van der Waals surface area contributed by atoms with Gasteiger partial charge in [0.05, 0.1) is 24.7 Å². The Bertz CT molecular complexity index is 235. The van der Waals surface area contributed by atoms with E-state index >= 15 is 0 Å². The molecule has 1 aliphatic rings. The molecule has 0 radical (unpaired) electrons. The lowest BCUT2D eigenvalue weighted by Gasteiger charge is -2.43. The molecule has 4 heteroatoms. The van der Waals surface area contributed by atoms with Gasteiger partial charge in [-0.15, -0.1) is 0 Å². The highest BCUT2D eigenvalue weighted by molar-refractivity contribution is 5.72. The van der Waals surface area contributed by atoms with Crippen LogP contribution in [-0.2, 0) is 19.0 Å². The van der Waals surface area contributed by atoms with Crippen molar-refractivity contribution >= 4 is 5.97 Å². The van der Waals surface area contributed by atoms with Gasteiger partial charge < -0.3 is 14.2 Å². The SMILES string of the molecule is CCC1(OC)CC[C@@H](C(=O)OC)CC1OC. The fourth-order valence-corrected chi connectivity index (χ4v) is 2.64. The summed E-state index contributed by atoms with van der Waals surface area (Å²) in [4.78, 5) is 11.5. The maximum Gasteiger partial charge on any atom is 0.308 e. The first-order valence-corrected chi connectivity index (χ1v) is 5.79. The zero-order valence-electron chi connectivity index (χ0n) is 10.6. The zero-order chi connectivity index (χ0) is 12.2. The van der Waals surface area contributed by atoms with E-state index in [1.54, 1.807) is 14.2 Å². The highest BCUT2D eigenvalue weighted by Crippen LogP contribution is 2.39. The van der Waals surface area contributed by atoms with Crippen molar-refractivity contribution in [2.24, 2.45) is 5.92 Å². The zero-order valence-corrected chi connectivity index (χ0v) is 10.6. The molecule has 0 N–H and O–H groups in total. The number of methoxy groups -OCH3 is 3. The van der Waals surface area contributed by atoms with E-state index in [2.05, 4.69) is 6.92 Å². The Morgan fingerprint density at radius 3 is 2.50 bits per heavy atom. The minimum Gasteiger partial charge on any atom is -0.469 e. The first-order chi connectivity index (χ1) is 7.63. The summed E-state index contributed by atoms with van der Waals surface area (Å²) in [5.41, 5.74) is -0.237. The van der Waals surface area contributed by atoms with Crippen LogP contribution < -0.4 is 0 Å². The van der Waals surface area contributed by atoms with E-state index in [1.807, 2.05) is 0 Å². The van der Waals surface area contributed by atoms with Crippen molar-refractivity contribution in [1.82, 2.24) is 0 Å². The topological polar surface area (TPSA) is 44.8 Å². The molecule has 0 saturated heterocycles. The number of ether oxygens (including phenoxy) is 3. The molecule has 0 spiro atoms. The van der Waals surface area contributed by atoms with Crippen LogP contribution in [0.25, 0.3) is 0 Å². The highest BCUT2D eigenvalue weighted by Gasteiger charge is 2.44. The van der Waals surface area contributed by atoms with Gasteiger partial charge in [-0.1, -0.05) is 6.92 Å². The van der Waals surface area contributed by atoms with Gasteiger partial charge in [0.1, 0.15) is 0 Å². The second-order valence-corrected chi connectivity index (χ2v) is 4.34. The highest BCUT2D eigenvalue weighted by atomic mass is 16.5. The van der Waals surface area contributed by atoms with E-state index < -0.39 is 0 Å². The third-order valence-electron chi connectivity index (χ3n) is 3.83. The van der Waals surface area contributed by atoms with Gasteiger partial charge in [-0.25, -0.2) is 0 Å². The smallest absolute Gasteiger partial charge is 0.308 e. The largest absolute Gasteiger partial charge is 0.469 e. The van der Waals surface area contributed by atoms with Gasteiger partial charge in [-0.2, -0.15) is 0 Å². The molecule has 0 heterocycles. The van der Waals surface area contributed by atoms with Crippen LogP contribution in [0, 0.1) is 5.92 Å². The van der Waals surface area contributed by atoms with E-state index in [4.69, 9.17) is 14.2 Å². The summed E-state index contributed by atoms with van der Waals surface area (Å²) in [6.07, 6.45) is 3.22. The van der Waals surface area contributed by atoms with Gasteiger partial charge in [-0.05, 0) is 25.7 Å². The maximum absolute atomic E-state index is 11.5. The van der Waals surface area contributed by atoms with E-state index in [-0.39, 0.29) is 23.6 Å². The summed E-state index contributed by atoms with van der Waals surface area (Å²) in [5.74, 6) is -0.187. The predicted molar refractivity (Wildman–Crippen MR) is 60.2 cm³/mol. The third kappa shape index (κ3) is 2.38. The van der Waals surface area contributed by atoms with Crippen molar-refractivity contribution in [1.29, 1.82) is 0 Å². The normalized spacial score (nSPS) is 34.8. The van der Waals surface area contributed by atoms with Crippen LogP contribution in [0.2, 0.25) is 0 Å². The fraction of sp³-hybridized carbons (Fsp3) is 0.917. The first kappa shape index (κ1) is 13.5. The molecule has 0 bridgehead atoms. The summed E-state index contributed by atoms with van der Waals surface area (Å²) in [7, 11) is 4.82. The van der Waals surface area contributed by atoms with Gasteiger partial charge in [0.15, 0.2) is 0 Å². The average molecular weight is 230 g/mol. The Balaban J connectivity index is 2.74. The molecule has 1 aliphatic carbocycles. The molecule has 0 aromatic rings. The lowest BCUT2D eigenvalue weighted by atomic mass is 9.75. The second kappa shape index (κ2) is 5.64. The van der Waals surface area contributed by atoms with E-state index in [0.717, 1.165) is 19.3 Å². The molecule has 0 aromatic carbocycles. The van der Waals surface area contributed by atoms with Gasteiger partial charge in [0.25, 0.3) is 0 Å². The van der Waals surface area contributed by atoms with Crippen molar-refractivity contribution in [2.75, 3.05) is 21.3 Å². The molecule has 0 amide bonds. The van der Waals surface area contributed by atoms with Crippen LogP contribution in [-0.4, -0.2) is 39.0 Å². The number of carbonyl (C=O) groups excluding carboxylic acids is 1. The summed E-state index contributed by atoms with van der Waals surface area (Å²) in [6, 6.07) is 0. The molecule has 1 saturated carbocycles. The molecule has 2 unspecified atom stereocenters. The lowest BCUT2D eigenvalue weighted by molar-refractivity contribution is -0.167. The van der Waals surface area contributed by atoms with Gasteiger partial charge >= 0.3 is 5.97 Å². The van der Waals surface area contributed by atoms with Crippen molar-refractivity contribution in [2.45, 2.75) is 44.3 Å². The van der Waals surface area contributed by atoms with Gasteiger partial charge in [0.2, 0.25) is 0 Å². The third-order valence-corrected chi connectivity index (χ3v) is 3.83. The minimum atomic E-state index is -0.237. The molecule has 3 atom stereocenters. The average Bonchev–Trinajstić information content (AvgIpc) is 2.36. The van der Waals surface area contributed by atoms with Gasteiger partial charge in [0, 0.05) is 14.2 Å². The van der Waals surface area contributed by atoms with Crippen LogP contribution in [0.4, 0.5) is 0 Å². The number of esters is 1. The van der Waals surface area contributed by atoms with Crippen molar-refractivity contribution in [3.05, 3.63) is 0 Å². The van der Waals surface area contributed by atoms with Gasteiger partial charge in [-0.3, -0.25) is 4.79 Å². The van der Waals surface area contributed by atoms with Crippen molar-refractivity contribution in [3.63, 3.8) is 0 Å². The molecule has 94 valence electrons. The Kier molecular flexibility index (Phi) is 4.74. The minimum absolute atomic E-state index is 0.0275. The quantitative estimate of drug-likeness (QED) is 0.690. The standard InChI is InChI=1S/C12H22O4/c1-5-12(16-4)7-6-9(11(13)15-3)8-10(12)14-2/h9-10H,5-8H2,1-4H3/t9-,10?,12?/m1/s1. The predicted octanol–water partition coefficient (Wildman–Crippen LogP) is 1.77. The molecule has 0 aliphatic heterocycles. The number of hydrogen-bond donors (Lipinski definition) is 0. The van der Waals surface area contributed by atoms with Crippen LogP contribution in [0.3, 0.4) is 0 Å². The summed E-state index contributed by atoms with van der Waals surface area (Å²) in [6.45, 7) is 2.09. The van der Waals surface area contributed by atoms with Crippen LogP contribution in [0.15, 0.2) is 0 Å².